The van der Waals surface area contributed by atoms with Crippen molar-refractivity contribution in [1.82, 2.24) is 4.98 Å². The summed E-state index contributed by atoms with van der Waals surface area (Å²) < 4.78 is 1.26. The summed E-state index contributed by atoms with van der Waals surface area (Å²) in [5.74, 6) is 0. The summed E-state index contributed by atoms with van der Waals surface area (Å²) >= 11 is 3.23. The largest absolute Gasteiger partial charge is 0.378 e. The van der Waals surface area contributed by atoms with Crippen LogP contribution in [-0.2, 0) is 5.60 Å². The average molecular weight is 337 g/mol. The van der Waals surface area contributed by atoms with Crippen molar-refractivity contribution in [3.63, 3.8) is 0 Å². The van der Waals surface area contributed by atoms with Crippen molar-refractivity contribution in [2.75, 3.05) is 0 Å². The Morgan fingerprint density at radius 1 is 0.913 bits per heavy atom. The van der Waals surface area contributed by atoms with E-state index in [9.17, 15) is 5.11 Å². The van der Waals surface area contributed by atoms with Crippen molar-refractivity contribution in [3.8, 4) is 11.3 Å². The van der Waals surface area contributed by atoms with Crippen molar-refractivity contribution in [1.29, 1.82) is 0 Å². The van der Waals surface area contributed by atoms with Crippen LogP contribution in [0.15, 0.2) is 65.4 Å². The molecule has 0 saturated carbocycles. The summed E-state index contributed by atoms with van der Waals surface area (Å²) in [4.78, 5) is 4.73. The number of thiophene rings is 1. The van der Waals surface area contributed by atoms with Crippen LogP contribution in [0.5, 0.6) is 0 Å². The third-order valence-corrected chi connectivity index (χ3v) is 6.03. The second-order valence-corrected chi connectivity index (χ2v) is 7.39. The molecule has 114 valence electrons. The average Bonchev–Trinajstić information content (AvgIpc) is 3.22. The van der Waals surface area contributed by atoms with E-state index in [1.807, 2.05) is 41.8 Å². The number of fused-ring (bicyclic) bond motifs is 1. The number of nitrogens with zero attached hydrogens (tertiary/aromatic N) is 1. The van der Waals surface area contributed by atoms with E-state index in [0.29, 0.717) is 5.01 Å². The lowest BCUT2D eigenvalue weighted by Gasteiger charge is -2.20. The lowest BCUT2D eigenvalue weighted by molar-refractivity contribution is 0.102. The van der Waals surface area contributed by atoms with Crippen molar-refractivity contribution < 1.29 is 5.11 Å². The van der Waals surface area contributed by atoms with Crippen LogP contribution >= 0.6 is 22.7 Å². The minimum absolute atomic E-state index is 0.717. The Hall–Kier alpha value is -2.01. The van der Waals surface area contributed by atoms with Gasteiger partial charge in [-0.15, -0.1) is 22.7 Å². The van der Waals surface area contributed by atoms with Crippen molar-refractivity contribution in [2.45, 2.75) is 12.5 Å². The lowest BCUT2D eigenvalue weighted by atomic mass is 9.97. The van der Waals surface area contributed by atoms with Gasteiger partial charge in [0, 0.05) is 26.4 Å². The SMILES string of the molecule is CC(O)(c1ccccc1)c1nc(-c2csc3ccccc23)cs1. The number of aliphatic hydroxyl groups is 1. The van der Waals surface area contributed by atoms with Crippen LogP contribution < -0.4 is 0 Å². The molecule has 23 heavy (non-hydrogen) atoms. The maximum Gasteiger partial charge on any atom is 0.138 e. The van der Waals surface area contributed by atoms with E-state index >= 15 is 0 Å². The Morgan fingerprint density at radius 3 is 2.48 bits per heavy atom. The fourth-order valence-corrected chi connectivity index (χ4v) is 4.54. The minimum atomic E-state index is -1.07. The predicted molar refractivity (Wildman–Crippen MR) is 98.0 cm³/mol. The third-order valence-electron chi connectivity index (χ3n) is 4.01. The maximum atomic E-state index is 10.9. The first-order valence-corrected chi connectivity index (χ1v) is 9.13. The predicted octanol–water partition coefficient (Wildman–Crippen LogP) is 5.28. The van der Waals surface area contributed by atoms with Gasteiger partial charge < -0.3 is 5.11 Å². The van der Waals surface area contributed by atoms with Gasteiger partial charge in [-0.2, -0.15) is 0 Å². The van der Waals surface area contributed by atoms with Crippen molar-refractivity contribution in [3.05, 3.63) is 75.9 Å². The monoisotopic (exact) mass is 337 g/mol. The Morgan fingerprint density at radius 2 is 1.65 bits per heavy atom. The lowest BCUT2D eigenvalue weighted by Crippen LogP contribution is -2.22. The Labute approximate surface area is 142 Å². The highest BCUT2D eigenvalue weighted by Gasteiger charge is 2.29. The second-order valence-electron chi connectivity index (χ2n) is 5.62. The first-order valence-electron chi connectivity index (χ1n) is 7.37. The van der Waals surface area contributed by atoms with Crippen LogP contribution in [0.1, 0.15) is 17.5 Å². The molecule has 4 heteroatoms. The topological polar surface area (TPSA) is 33.1 Å². The molecule has 1 atom stereocenters. The van der Waals surface area contributed by atoms with Gasteiger partial charge in [0.25, 0.3) is 0 Å². The van der Waals surface area contributed by atoms with Crippen LogP contribution in [0, 0.1) is 0 Å². The molecule has 4 rings (SSSR count). The van der Waals surface area contributed by atoms with Gasteiger partial charge in [0.2, 0.25) is 0 Å². The van der Waals surface area contributed by atoms with E-state index < -0.39 is 5.60 Å². The smallest absolute Gasteiger partial charge is 0.138 e. The second kappa shape index (κ2) is 5.57. The summed E-state index contributed by atoms with van der Waals surface area (Å²) in [7, 11) is 0. The molecule has 0 bridgehead atoms. The zero-order chi connectivity index (χ0) is 15.9. The number of rotatable bonds is 3. The summed E-state index contributed by atoms with van der Waals surface area (Å²) in [6, 6.07) is 18.0. The fourth-order valence-electron chi connectivity index (χ4n) is 2.68. The molecule has 2 aromatic heterocycles. The summed E-state index contributed by atoms with van der Waals surface area (Å²) in [6.45, 7) is 1.80. The molecule has 0 aliphatic heterocycles. The zero-order valence-corrected chi connectivity index (χ0v) is 14.2. The first kappa shape index (κ1) is 14.6. The van der Waals surface area contributed by atoms with E-state index in [1.165, 1.54) is 21.4 Å². The molecule has 2 heterocycles. The highest BCUT2D eigenvalue weighted by Crippen LogP contribution is 2.37. The third kappa shape index (κ3) is 2.49. The van der Waals surface area contributed by atoms with E-state index in [0.717, 1.165) is 16.8 Å². The number of thiazole rings is 1. The fraction of sp³-hybridized carbons (Fsp3) is 0.105. The van der Waals surface area contributed by atoms with Gasteiger partial charge in [0.1, 0.15) is 10.6 Å². The molecular formula is C19H15NOS2. The minimum Gasteiger partial charge on any atom is -0.378 e. The van der Waals surface area contributed by atoms with E-state index in [-0.39, 0.29) is 0 Å². The van der Waals surface area contributed by atoms with Crippen LogP contribution in [0.3, 0.4) is 0 Å². The van der Waals surface area contributed by atoms with Gasteiger partial charge >= 0.3 is 0 Å². The zero-order valence-electron chi connectivity index (χ0n) is 12.6. The Balaban J connectivity index is 1.78. The highest BCUT2D eigenvalue weighted by molar-refractivity contribution is 7.17. The molecule has 0 saturated heterocycles. The molecule has 2 nitrogen and oxygen atoms in total. The molecule has 0 amide bonds. The first-order chi connectivity index (χ1) is 11.2. The van der Waals surface area contributed by atoms with Gasteiger partial charge in [-0.25, -0.2) is 4.98 Å². The van der Waals surface area contributed by atoms with Crippen molar-refractivity contribution in [2.24, 2.45) is 0 Å². The molecule has 0 spiro atoms. The van der Waals surface area contributed by atoms with E-state index in [2.05, 4.69) is 23.6 Å². The number of benzene rings is 2. The number of aromatic nitrogens is 1. The van der Waals surface area contributed by atoms with Crippen LogP contribution in [0.2, 0.25) is 0 Å². The maximum absolute atomic E-state index is 10.9. The van der Waals surface area contributed by atoms with Gasteiger partial charge in [-0.3, -0.25) is 0 Å². The molecule has 0 radical (unpaired) electrons. The van der Waals surface area contributed by atoms with E-state index in [4.69, 9.17) is 4.98 Å². The molecular weight excluding hydrogens is 322 g/mol. The summed E-state index contributed by atoms with van der Waals surface area (Å²) in [5.41, 5.74) is 1.85. The Bertz CT molecular complexity index is 954. The van der Waals surface area contributed by atoms with Crippen LogP contribution in [0.4, 0.5) is 0 Å². The van der Waals surface area contributed by atoms with Gasteiger partial charge in [-0.05, 0) is 18.6 Å². The van der Waals surface area contributed by atoms with E-state index in [1.54, 1.807) is 18.3 Å². The molecule has 2 aromatic carbocycles. The standard InChI is InChI=1S/C19H15NOS2/c1-19(21,13-7-3-2-4-8-13)18-20-16(12-23-18)15-11-22-17-10-6-5-9-14(15)17/h2-12,21H,1H3. The molecule has 0 fully saturated rings. The van der Waals surface area contributed by atoms with Gasteiger partial charge in [0.15, 0.2) is 0 Å². The quantitative estimate of drug-likeness (QED) is 0.552. The number of hydrogen-bond donors (Lipinski definition) is 1. The number of hydrogen-bond acceptors (Lipinski definition) is 4. The van der Waals surface area contributed by atoms with Crippen molar-refractivity contribution >= 4 is 32.8 Å². The molecule has 4 aromatic rings. The molecule has 0 aliphatic rings. The summed E-state index contributed by atoms with van der Waals surface area (Å²) in [6.07, 6.45) is 0. The van der Waals surface area contributed by atoms with Crippen LogP contribution in [0.25, 0.3) is 21.3 Å². The summed E-state index contributed by atoms with van der Waals surface area (Å²) in [5, 5.41) is 17.0. The normalized spacial score (nSPS) is 14.0. The molecule has 1 unspecified atom stereocenters. The van der Waals surface area contributed by atoms with Gasteiger partial charge in [0.05, 0.1) is 5.69 Å². The molecule has 0 aliphatic carbocycles. The molecule has 1 N–H and O–H groups in total. The highest BCUT2D eigenvalue weighted by atomic mass is 32.1. The Kier molecular flexibility index (Phi) is 3.53. The van der Waals surface area contributed by atoms with Crippen LogP contribution in [-0.4, -0.2) is 10.1 Å². The van der Waals surface area contributed by atoms with Gasteiger partial charge in [-0.1, -0.05) is 48.5 Å².